The van der Waals surface area contributed by atoms with Gasteiger partial charge >= 0.3 is 0 Å². The van der Waals surface area contributed by atoms with Crippen molar-refractivity contribution in [3.8, 4) is 11.5 Å². The number of para-hydroxylation sites is 1. The second kappa shape index (κ2) is 9.56. The molecule has 164 valence electrons. The van der Waals surface area contributed by atoms with Crippen LogP contribution in [0.3, 0.4) is 0 Å². The number of fused-ring (bicyclic) bond motifs is 1. The Labute approximate surface area is 187 Å². The van der Waals surface area contributed by atoms with Crippen molar-refractivity contribution in [2.75, 3.05) is 31.0 Å². The number of hydrogen-bond donors (Lipinski definition) is 1. The van der Waals surface area contributed by atoms with E-state index in [4.69, 9.17) is 9.47 Å². The fraction of sp³-hybridized carbons (Fsp3) is 0.231. The van der Waals surface area contributed by atoms with Crippen molar-refractivity contribution in [2.24, 2.45) is 0 Å². The van der Waals surface area contributed by atoms with Gasteiger partial charge < -0.3 is 19.7 Å². The van der Waals surface area contributed by atoms with Crippen LogP contribution in [-0.2, 0) is 17.6 Å². The van der Waals surface area contributed by atoms with E-state index >= 15 is 0 Å². The maximum absolute atomic E-state index is 12.9. The van der Waals surface area contributed by atoms with Gasteiger partial charge in [0.1, 0.15) is 0 Å². The summed E-state index contributed by atoms with van der Waals surface area (Å²) in [6.45, 7) is 0.687. The van der Waals surface area contributed by atoms with Gasteiger partial charge in [0.15, 0.2) is 11.5 Å². The van der Waals surface area contributed by atoms with E-state index < -0.39 is 0 Å². The smallest absolute Gasteiger partial charge is 0.258 e. The molecule has 1 aliphatic heterocycles. The van der Waals surface area contributed by atoms with Crippen LogP contribution < -0.4 is 19.7 Å². The molecule has 1 heterocycles. The Hall–Kier alpha value is -3.80. The molecule has 1 aliphatic rings. The highest BCUT2D eigenvalue weighted by Crippen LogP contribution is 2.29. The highest BCUT2D eigenvalue weighted by atomic mass is 16.5. The van der Waals surface area contributed by atoms with E-state index in [-0.39, 0.29) is 11.8 Å². The molecule has 32 heavy (non-hydrogen) atoms. The van der Waals surface area contributed by atoms with E-state index in [1.54, 1.807) is 38.5 Å². The molecule has 3 aromatic rings. The number of carbonyl (C=O) groups excluding carboxylic acids is 2. The standard InChI is InChI=1S/C26H26N2O4/c1-31-23-13-7-18(17-24(23)32-2)8-14-25(29)27-21-11-9-20(10-12-21)26(30)28-16-15-19-5-3-4-6-22(19)28/h3-7,9-13,17H,8,14-16H2,1-2H3,(H,27,29). The van der Waals surface area contributed by atoms with Gasteiger partial charge in [-0.1, -0.05) is 24.3 Å². The number of rotatable bonds is 7. The van der Waals surface area contributed by atoms with Gasteiger partial charge in [0.25, 0.3) is 5.91 Å². The molecule has 0 aromatic heterocycles. The first kappa shape index (κ1) is 21.4. The number of aryl methyl sites for hydroxylation is 1. The van der Waals surface area contributed by atoms with Crippen LogP contribution in [0.2, 0.25) is 0 Å². The summed E-state index contributed by atoms with van der Waals surface area (Å²) in [7, 11) is 3.18. The molecule has 0 radical (unpaired) electrons. The number of nitrogens with zero attached hydrogens (tertiary/aromatic N) is 1. The summed E-state index contributed by atoms with van der Waals surface area (Å²) in [6, 6.07) is 20.7. The van der Waals surface area contributed by atoms with Crippen molar-refractivity contribution in [3.05, 3.63) is 83.4 Å². The van der Waals surface area contributed by atoms with Crippen LogP contribution in [0, 0.1) is 0 Å². The fourth-order valence-corrected chi connectivity index (χ4v) is 3.92. The average Bonchev–Trinajstić information content (AvgIpc) is 3.26. The van der Waals surface area contributed by atoms with Gasteiger partial charge in [-0.05, 0) is 66.4 Å². The van der Waals surface area contributed by atoms with Gasteiger partial charge in [0.05, 0.1) is 14.2 Å². The van der Waals surface area contributed by atoms with Crippen LogP contribution in [0.25, 0.3) is 0 Å². The van der Waals surface area contributed by atoms with Crippen molar-refractivity contribution in [1.29, 1.82) is 0 Å². The number of carbonyl (C=O) groups is 2. The van der Waals surface area contributed by atoms with Crippen LogP contribution >= 0.6 is 0 Å². The molecule has 0 unspecified atom stereocenters. The van der Waals surface area contributed by atoms with Crippen LogP contribution in [0.1, 0.15) is 27.9 Å². The van der Waals surface area contributed by atoms with Crippen molar-refractivity contribution in [3.63, 3.8) is 0 Å². The summed E-state index contributed by atoms with van der Waals surface area (Å²) >= 11 is 0. The maximum Gasteiger partial charge on any atom is 0.258 e. The number of nitrogens with one attached hydrogen (secondary N) is 1. The quantitative estimate of drug-likeness (QED) is 0.600. The van der Waals surface area contributed by atoms with Gasteiger partial charge in [-0.15, -0.1) is 0 Å². The van der Waals surface area contributed by atoms with Crippen molar-refractivity contribution < 1.29 is 19.1 Å². The lowest BCUT2D eigenvalue weighted by Gasteiger charge is -2.17. The molecule has 0 spiro atoms. The average molecular weight is 431 g/mol. The molecule has 0 saturated carbocycles. The zero-order valence-electron chi connectivity index (χ0n) is 18.3. The topological polar surface area (TPSA) is 67.9 Å². The van der Waals surface area contributed by atoms with Crippen molar-refractivity contribution >= 4 is 23.2 Å². The fourth-order valence-electron chi connectivity index (χ4n) is 3.92. The second-order valence-electron chi connectivity index (χ2n) is 7.65. The Morgan fingerprint density at radius 3 is 2.44 bits per heavy atom. The highest BCUT2D eigenvalue weighted by Gasteiger charge is 2.25. The Morgan fingerprint density at radius 2 is 1.69 bits per heavy atom. The van der Waals surface area contributed by atoms with Crippen LogP contribution in [-0.4, -0.2) is 32.6 Å². The molecule has 6 nitrogen and oxygen atoms in total. The minimum atomic E-state index is -0.0904. The molecule has 0 saturated heterocycles. The molecule has 3 aromatic carbocycles. The van der Waals surface area contributed by atoms with Gasteiger partial charge in [-0.2, -0.15) is 0 Å². The van der Waals surface area contributed by atoms with E-state index in [2.05, 4.69) is 11.4 Å². The minimum Gasteiger partial charge on any atom is -0.493 e. The van der Waals surface area contributed by atoms with E-state index in [0.29, 0.717) is 42.1 Å². The van der Waals surface area contributed by atoms with Gasteiger partial charge in [0, 0.05) is 29.9 Å². The molecule has 6 heteroatoms. The Balaban J connectivity index is 1.34. The molecular formula is C26H26N2O4. The highest BCUT2D eigenvalue weighted by molar-refractivity contribution is 6.07. The number of methoxy groups -OCH3 is 2. The zero-order chi connectivity index (χ0) is 22.5. The SMILES string of the molecule is COc1ccc(CCC(=O)Nc2ccc(C(=O)N3CCc4ccccc43)cc2)cc1OC. The summed E-state index contributed by atoms with van der Waals surface area (Å²) in [5.74, 6) is 1.19. The zero-order valence-corrected chi connectivity index (χ0v) is 18.3. The Bertz CT molecular complexity index is 1120. The van der Waals surface area contributed by atoms with Gasteiger partial charge in [-0.25, -0.2) is 0 Å². The summed E-state index contributed by atoms with van der Waals surface area (Å²) in [6.07, 6.45) is 1.79. The van der Waals surface area contributed by atoms with Crippen LogP contribution in [0.4, 0.5) is 11.4 Å². The Kier molecular flexibility index (Phi) is 6.40. The second-order valence-corrected chi connectivity index (χ2v) is 7.65. The first-order valence-electron chi connectivity index (χ1n) is 10.6. The molecular weight excluding hydrogens is 404 g/mol. The number of anilines is 2. The van der Waals surface area contributed by atoms with E-state index in [1.165, 1.54) is 5.56 Å². The molecule has 0 atom stereocenters. The lowest BCUT2D eigenvalue weighted by Crippen LogP contribution is -2.28. The summed E-state index contributed by atoms with van der Waals surface area (Å²) in [5.41, 5.74) is 4.43. The molecule has 0 bridgehead atoms. The third-order valence-electron chi connectivity index (χ3n) is 5.64. The third-order valence-corrected chi connectivity index (χ3v) is 5.64. The molecule has 2 amide bonds. The molecule has 0 aliphatic carbocycles. The Morgan fingerprint density at radius 1 is 0.938 bits per heavy atom. The maximum atomic E-state index is 12.9. The monoisotopic (exact) mass is 430 g/mol. The minimum absolute atomic E-state index is 0.0266. The predicted octanol–water partition coefficient (Wildman–Crippen LogP) is 4.48. The number of benzene rings is 3. The van der Waals surface area contributed by atoms with E-state index in [0.717, 1.165) is 17.7 Å². The summed E-state index contributed by atoms with van der Waals surface area (Å²) < 4.78 is 10.6. The largest absolute Gasteiger partial charge is 0.493 e. The normalized spacial score (nSPS) is 12.2. The lowest BCUT2D eigenvalue weighted by molar-refractivity contribution is -0.116. The van der Waals surface area contributed by atoms with Gasteiger partial charge in [-0.3, -0.25) is 9.59 Å². The third kappa shape index (κ3) is 4.59. The first-order valence-corrected chi connectivity index (χ1v) is 10.6. The molecule has 4 rings (SSSR count). The van der Waals surface area contributed by atoms with Crippen LogP contribution in [0.15, 0.2) is 66.7 Å². The number of ether oxygens (including phenoxy) is 2. The van der Waals surface area contributed by atoms with E-state index in [9.17, 15) is 9.59 Å². The summed E-state index contributed by atoms with van der Waals surface area (Å²) in [4.78, 5) is 27.1. The van der Waals surface area contributed by atoms with Crippen molar-refractivity contribution in [2.45, 2.75) is 19.3 Å². The number of amides is 2. The van der Waals surface area contributed by atoms with Gasteiger partial charge in [0.2, 0.25) is 5.91 Å². The molecule has 0 fully saturated rings. The predicted molar refractivity (Wildman–Crippen MR) is 125 cm³/mol. The lowest BCUT2D eigenvalue weighted by atomic mass is 10.1. The van der Waals surface area contributed by atoms with E-state index in [1.807, 2.05) is 41.3 Å². The van der Waals surface area contributed by atoms with Crippen molar-refractivity contribution in [1.82, 2.24) is 0 Å². The summed E-state index contributed by atoms with van der Waals surface area (Å²) in [5, 5.41) is 2.89. The first-order chi connectivity index (χ1) is 15.6. The number of hydrogen-bond acceptors (Lipinski definition) is 4. The van der Waals surface area contributed by atoms with Crippen LogP contribution in [0.5, 0.6) is 11.5 Å². The molecule has 1 N–H and O–H groups in total.